The van der Waals surface area contributed by atoms with Gasteiger partial charge in [0.25, 0.3) is 0 Å². The molecule has 1 atom stereocenters. The van der Waals surface area contributed by atoms with Gasteiger partial charge in [0.05, 0.1) is 11.9 Å². The fourth-order valence-corrected chi connectivity index (χ4v) is 2.65. The molecule has 0 saturated heterocycles. The topological polar surface area (TPSA) is 57.0 Å². The largest absolute Gasteiger partial charge is 0.441 e. The summed E-state index contributed by atoms with van der Waals surface area (Å²) in [6.45, 7) is 0. The Labute approximate surface area is 108 Å². The molecular weight excluding hydrogens is 261 g/mol. The van der Waals surface area contributed by atoms with Crippen molar-refractivity contribution in [1.29, 1.82) is 0 Å². The number of hydrogen-bond acceptors (Lipinski definition) is 3. The lowest BCUT2D eigenvalue weighted by Crippen LogP contribution is -2.25. The fourth-order valence-electron chi connectivity index (χ4n) is 2.24. The van der Waals surface area contributed by atoms with Crippen LogP contribution >= 0.6 is 23.2 Å². The molecule has 0 amide bonds. The van der Waals surface area contributed by atoms with E-state index in [1.807, 2.05) is 4.57 Å². The van der Waals surface area contributed by atoms with Crippen molar-refractivity contribution in [2.75, 3.05) is 0 Å². The Hall–Kier alpha value is -0.970. The molecule has 1 aliphatic rings. The number of hydrogen-bond donors (Lipinski definition) is 1. The number of nitrogens with zero attached hydrogens (tertiary/aromatic N) is 2. The quantitative estimate of drug-likeness (QED) is 0.866. The number of rotatable bonds is 1. The van der Waals surface area contributed by atoms with E-state index < -0.39 is 0 Å². The number of halogens is 2. The standard InChI is InChI=1S/C11H11Cl2N3O/c12-8-5-4-7(17-8)11-15-10(13)6-2-1-3-9(14)16(6)11/h4-5,9H,1-3,14H2. The van der Waals surface area contributed by atoms with Crippen molar-refractivity contribution in [2.45, 2.75) is 25.4 Å². The first-order valence-corrected chi connectivity index (χ1v) is 6.20. The summed E-state index contributed by atoms with van der Waals surface area (Å²) in [5, 5.41) is 0.834. The van der Waals surface area contributed by atoms with Crippen LogP contribution in [0.4, 0.5) is 0 Å². The lowest BCUT2D eigenvalue weighted by molar-refractivity contribution is 0.413. The first-order chi connectivity index (χ1) is 8.16. The highest BCUT2D eigenvalue weighted by Crippen LogP contribution is 2.34. The van der Waals surface area contributed by atoms with Crippen molar-refractivity contribution in [3.63, 3.8) is 0 Å². The van der Waals surface area contributed by atoms with Crippen molar-refractivity contribution < 1.29 is 4.42 Å². The van der Waals surface area contributed by atoms with Crippen LogP contribution in [0, 0.1) is 0 Å². The number of furan rings is 1. The van der Waals surface area contributed by atoms with Gasteiger partial charge in [0.1, 0.15) is 0 Å². The van der Waals surface area contributed by atoms with E-state index in [2.05, 4.69) is 4.98 Å². The van der Waals surface area contributed by atoms with Crippen LogP contribution in [0.1, 0.15) is 24.7 Å². The molecule has 3 rings (SSSR count). The maximum absolute atomic E-state index is 6.12. The molecule has 0 aromatic carbocycles. The molecule has 6 heteroatoms. The predicted molar refractivity (Wildman–Crippen MR) is 66.1 cm³/mol. The second-order valence-corrected chi connectivity index (χ2v) is 4.84. The lowest BCUT2D eigenvalue weighted by atomic mass is 10.1. The van der Waals surface area contributed by atoms with Crippen LogP contribution in [0.15, 0.2) is 16.5 Å². The van der Waals surface area contributed by atoms with E-state index in [1.54, 1.807) is 12.1 Å². The van der Waals surface area contributed by atoms with Crippen LogP contribution in [0.25, 0.3) is 11.6 Å². The molecule has 90 valence electrons. The molecule has 2 aromatic rings. The number of fused-ring (bicyclic) bond motifs is 1. The molecule has 2 N–H and O–H groups in total. The zero-order chi connectivity index (χ0) is 12.0. The summed E-state index contributed by atoms with van der Waals surface area (Å²) in [5.74, 6) is 1.25. The highest BCUT2D eigenvalue weighted by Gasteiger charge is 2.26. The Balaban J connectivity index is 2.18. The second kappa shape index (κ2) is 4.05. The van der Waals surface area contributed by atoms with Gasteiger partial charge in [0.2, 0.25) is 0 Å². The Morgan fingerprint density at radius 3 is 2.94 bits per heavy atom. The maximum atomic E-state index is 6.12. The zero-order valence-electron chi connectivity index (χ0n) is 8.99. The van der Waals surface area contributed by atoms with Gasteiger partial charge >= 0.3 is 0 Å². The van der Waals surface area contributed by atoms with Gasteiger partial charge < -0.3 is 14.7 Å². The monoisotopic (exact) mass is 271 g/mol. The van der Waals surface area contributed by atoms with Gasteiger partial charge in [-0.2, -0.15) is 0 Å². The van der Waals surface area contributed by atoms with E-state index in [-0.39, 0.29) is 6.17 Å². The third-order valence-corrected chi connectivity index (χ3v) is 3.51. The smallest absolute Gasteiger partial charge is 0.194 e. The van der Waals surface area contributed by atoms with E-state index >= 15 is 0 Å². The summed E-state index contributed by atoms with van der Waals surface area (Å²) < 4.78 is 7.31. The van der Waals surface area contributed by atoms with E-state index in [0.717, 1.165) is 25.0 Å². The second-order valence-electron chi connectivity index (χ2n) is 4.11. The van der Waals surface area contributed by atoms with Crippen molar-refractivity contribution in [3.05, 3.63) is 28.2 Å². The minimum atomic E-state index is -0.0994. The first kappa shape index (κ1) is 11.1. The summed E-state index contributed by atoms with van der Waals surface area (Å²) in [7, 11) is 0. The molecule has 1 aliphatic heterocycles. The molecule has 0 bridgehead atoms. The fraction of sp³-hybridized carbons (Fsp3) is 0.364. The van der Waals surface area contributed by atoms with E-state index in [9.17, 15) is 0 Å². The Kier molecular flexibility index (Phi) is 2.65. The van der Waals surface area contributed by atoms with Crippen LogP contribution in [-0.2, 0) is 6.42 Å². The van der Waals surface area contributed by atoms with Crippen molar-refractivity contribution >= 4 is 23.2 Å². The molecule has 0 aliphatic carbocycles. The maximum Gasteiger partial charge on any atom is 0.194 e. The predicted octanol–water partition coefficient (Wildman–Crippen LogP) is 3.24. The Morgan fingerprint density at radius 2 is 2.24 bits per heavy atom. The molecule has 0 saturated carbocycles. The minimum absolute atomic E-state index is 0.0994. The van der Waals surface area contributed by atoms with Gasteiger partial charge in [0.15, 0.2) is 22.0 Å². The average Bonchev–Trinajstić information content (AvgIpc) is 2.85. The van der Waals surface area contributed by atoms with Crippen molar-refractivity contribution in [1.82, 2.24) is 9.55 Å². The molecule has 2 aromatic heterocycles. The van der Waals surface area contributed by atoms with E-state index in [0.29, 0.717) is 22.0 Å². The summed E-state index contributed by atoms with van der Waals surface area (Å²) in [4.78, 5) is 4.32. The number of aromatic nitrogens is 2. The molecule has 3 heterocycles. The first-order valence-electron chi connectivity index (χ1n) is 5.44. The summed E-state index contributed by atoms with van der Waals surface area (Å²) >= 11 is 11.9. The molecule has 4 nitrogen and oxygen atoms in total. The van der Waals surface area contributed by atoms with Crippen LogP contribution in [0.3, 0.4) is 0 Å². The summed E-state index contributed by atoms with van der Waals surface area (Å²) in [5.41, 5.74) is 7.07. The van der Waals surface area contributed by atoms with Gasteiger partial charge in [0, 0.05) is 0 Å². The third kappa shape index (κ3) is 1.76. The van der Waals surface area contributed by atoms with Crippen LogP contribution in [-0.4, -0.2) is 9.55 Å². The molecule has 1 unspecified atom stereocenters. The summed E-state index contributed by atoms with van der Waals surface area (Å²) in [6.07, 6.45) is 2.75. The average molecular weight is 272 g/mol. The van der Waals surface area contributed by atoms with Gasteiger partial charge in [-0.15, -0.1) is 0 Å². The SMILES string of the molecule is NC1CCCc2c(Cl)nc(-c3ccc(Cl)o3)n21. The van der Waals surface area contributed by atoms with E-state index in [4.69, 9.17) is 33.4 Å². The molecule has 0 spiro atoms. The Morgan fingerprint density at radius 1 is 1.41 bits per heavy atom. The lowest BCUT2D eigenvalue weighted by Gasteiger charge is -2.23. The summed E-state index contributed by atoms with van der Waals surface area (Å²) in [6, 6.07) is 3.45. The zero-order valence-corrected chi connectivity index (χ0v) is 10.5. The van der Waals surface area contributed by atoms with Crippen molar-refractivity contribution in [3.8, 4) is 11.6 Å². The van der Waals surface area contributed by atoms with E-state index in [1.165, 1.54) is 0 Å². The Bertz CT molecular complexity index is 561. The van der Waals surface area contributed by atoms with Gasteiger partial charge in [-0.25, -0.2) is 4.98 Å². The van der Waals surface area contributed by atoms with Crippen LogP contribution < -0.4 is 5.73 Å². The molecular formula is C11H11Cl2N3O. The number of imidazole rings is 1. The minimum Gasteiger partial charge on any atom is -0.441 e. The van der Waals surface area contributed by atoms with Gasteiger partial charge in [-0.3, -0.25) is 0 Å². The van der Waals surface area contributed by atoms with Crippen molar-refractivity contribution in [2.24, 2.45) is 5.73 Å². The van der Waals surface area contributed by atoms with Gasteiger partial charge in [-0.05, 0) is 43.0 Å². The normalized spacial score (nSPS) is 19.4. The third-order valence-electron chi connectivity index (χ3n) is 3.00. The highest BCUT2D eigenvalue weighted by molar-refractivity contribution is 6.30. The van der Waals surface area contributed by atoms with Crippen LogP contribution in [0.5, 0.6) is 0 Å². The molecule has 0 fully saturated rings. The van der Waals surface area contributed by atoms with Crippen LogP contribution in [0.2, 0.25) is 10.4 Å². The number of nitrogens with two attached hydrogens (primary N) is 1. The van der Waals surface area contributed by atoms with Gasteiger partial charge in [-0.1, -0.05) is 11.6 Å². The molecule has 17 heavy (non-hydrogen) atoms. The molecule has 0 radical (unpaired) electrons. The highest BCUT2D eigenvalue weighted by atomic mass is 35.5.